The summed E-state index contributed by atoms with van der Waals surface area (Å²) in [6.45, 7) is 4.87. The van der Waals surface area contributed by atoms with Gasteiger partial charge in [0.15, 0.2) is 0 Å². The Hall–Kier alpha value is -1.20. The van der Waals surface area contributed by atoms with Gasteiger partial charge in [0.2, 0.25) is 0 Å². The van der Waals surface area contributed by atoms with Crippen LogP contribution in [-0.4, -0.2) is 34.8 Å². The highest BCUT2D eigenvalue weighted by Crippen LogP contribution is 2.25. The monoisotopic (exact) mass is 250 g/mol. The van der Waals surface area contributed by atoms with Gasteiger partial charge in [0, 0.05) is 24.4 Å². The van der Waals surface area contributed by atoms with Crippen LogP contribution in [0.15, 0.2) is 12.4 Å². The Morgan fingerprint density at radius 1 is 1.44 bits per heavy atom. The molecule has 0 amide bonds. The van der Waals surface area contributed by atoms with E-state index >= 15 is 0 Å². The number of nitrogens with zero attached hydrogens (tertiary/aromatic N) is 2. The molecule has 1 aromatic rings. The van der Waals surface area contributed by atoms with Crippen molar-refractivity contribution in [3.05, 3.63) is 18.1 Å². The van der Waals surface area contributed by atoms with Crippen LogP contribution in [0.2, 0.25) is 0 Å². The summed E-state index contributed by atoms with van der Waals surface area (Å²) in [5.41, 5.74) is 7.07. The molecule has 0 aromatic carbocycles. The van der Waals surface area contributed by atoms with E-state index < -0.39 is 0 Å². The SMILES string of the molecule is CCCc1cc(NC2C(N)CC2OCC)ncn1. The standard InChI is InChI=1S/C13H22N4O/c1-3-5-9-6-12(16-8-15-9)17-13-10(14)7-11(13)18-4-2/h6,8,10-11,13H,3-5,7,14H2,1-2H3,(H,15,16,17). The van der Waals surface area contributed by atoms with E-state index in [4.69, 9.17) is 10.5 Å². The lowest BCUT2D eigenvalue weighted by Crippen LogP contribution is -2.60. The summed E-state index contributed by atoms with van der Waals surface area (Å²) in [6.07, 6.45) is 4.78. The average molecular weight is 250 g/mol. The summed E-state index contributed by atoms with van der Waals surface area (Å²) in [6, 6.07) is 2.30. The summed E-state index contributed by atoms with van der Waals surface area (Å²) < 4.78 is 5.62. The van der Waals surface area contributed by atoms with Gasteiger partial charge < -0.3 is 15.8 Å². The molecule has 1 aliphatic carbocycles. The van der Waals surface area contributed by atoms with E-state index in [1.54, 1.807) is 6.33 Å². The van der Waals surface area contributed by atoms with E-state index in [1.165, 1.54) is 0 Å². The Kier molecular flexibility index (Phi) is 4.49. The van der Waals surface area contributed by atoms with Gasteiger partial charge in [-0.2, -0.15) is 0 Å². The Morgan fingerprint density at radius 2 is 2.28 bits per heavy atom. The van der Waals surface area contributed by atoms with Crippen molar-refractivity contribution >= 4 is 5.82 Å². The number of nitrogens with one attached hydrogen (secondary N) is 1. The lowest BCUT2D eigenvalue weighted by atomic mass is 9.83. The number of aromatic nitrogens is 2. The van der Waals surface area contributed by atoms with Crippen LogP contribution >= 0.6 is 0 Å². The zero-order valence-electron chi connectivity index (χ0n) is 11.1. The van der Waals surface area contributed by atoms with Crippen molar-refractivity contribution in [2.45, 2.75) is 51.3 Å². The van der Waals surface area contributed by atoms with Crippen LogP contribution in [0.4, 0.5) is 5.82 Å². The maximum Gasteiger partial charge on any atom is 0.129 e. The molecule has 0 spiro atoms. The third kappa shape index (κ3) is 2.97. The molecule has 2 rings (SSSR count). The Balaban J connectivity index is 1.97. The first-order chi connectivity index (χ1) is 8.74. The molecule has 1 aromatic heterocycles. The molecule has 3 unspecified atom stereocenters. The molecule has 1 aliphatic rings. The molecule has 5 nitrogen and oxygen atoms in total. The van der Waals surface area contributed by atoms with Crippen LogP contribution in [0.25, 0.3) is 0 Å². The average Bonchev–Trinajstić information content (AvgIpc) is 2.37. The van der Waals surface area contributed by atoms with Crippen LogP contribution in [0.5, 0.6) is 0 Å². The first-order valence-electron chi connectivity index (χ1n) is 6.69. The second-order valence-corrected chi connectivity index (χ2v) is 4.71. The fourth-order valence-corrected chi connectivity index (χ4v) is 2.27. The lowest BCUT2D eigenvalue weighted by Gasteiger charge is -2.42. The topological polar surface area (TPSA) is 73.1 Å². The van der Waals surface area contributed by atoms with Gasteiger partial charge in [-0.1, -0.05) is 13.3 Å². The van der Waals surface area contributed by atoms with Crippen molar-refractivity contribution in [1.29, 1.82) is 0 Å². The van der Waals surface area contributed by atoms with Gasteiger partial charge in [-0.05, 0) is 19.8 Å². The molecule has 5 heteroatoms. The normalized spacial score (nSPS) is 26.7. The van der Waals surface area contributed by atoms with Crippen LogP contribution in [0.3, 0.4) is 0 Å². The molecule has 3 atom stereocenters. The summed E-state index contributed by atoms with van der Waals surface area (Å²) in [5.74, 6) is 0.846. The minimum Gasteiger partial charge on any atom is -0.376 e. The third-order valence-corrected chi connectivity index (χ3v) is 3.29. The lowest BCUT2D eigenvalue weighted by molar-refractivity contribution is -0.0127. The van der Waals surface area contributed by atoms with Crippen molar-refractivity contribution in [1.82, 2.24) is 9.97 Å². The number of rotatable bonds is 6. The highest BCUT2D eigenvalue weighted by Gasteiger charge is 2.39. The van der Waals surface area contributed by atoms with E-state index in [1.807, 2.05) is 13.0 Å². The summed E-state index contributed by atoms with van der Waals surface area (Å²) in [5, 5.41) is 3.36. The van der Waals surface area contributed by atoms with Crippen molar-refractivity contribution in [2.75, 3.05) is 11.9 Å². The number of aryl methyl sites for hydroxylation is 1. The molecular formula is C13H22N4O. The van der Waals surface area contributed by atoms with E-state index in [0.717, 1.165) is 37.4 Å². The van der Waals surface area contributed by atoms with Crippen molar-refractivity contribution < 1.29 is 4.74 Å². The smallest absolute Gasteiger partial charge is 0.129 e. The molecule has 0 aliphatic heterocycles. The molecule has 1 fully saturated rings. The van der Waals surface area contributed by atoms with Gasteiger partial charge in [0.1, 0.15) is 12.1 Å². The van der Waals surface area contributed by atoms with Gasteiger partial charge in [0.25, 0.3) is 0 Å². The van der Waals surface area contributed by atoms with Crippen LogP contribution in [0, 0.1) is 0 Å². The number of hydrogen-bond donors (Lipinski definition) is 2. The Labute approximate surface area is 108 Å². The predicted molar refractivity (Wildman–Crippen MR) is 71.4 cm³/mol. The number of nitrogens with two attached hydrogens (primary N) is 1. The zero-order valence-corrected chi connectivity index (χ0v) is 11.1. The molecule has 3 N–H and O–H groups in total. The van der Waals surface area contributed by atoms with Gasteiger partial charge >= 0.3 is 0 Å². The predicted octanol–water partition coefficient (Wildman–Crippen LogP) is 1.35. The zero-order chi connectivity index (χ0) is 13.0. The number of hydrogen-bond acceptors (Lipinski definition) is 5. The van der Waals surface area contributed by atoms with E-state index in [9.17, 15) is 0 Å². The quantitative estimate of drug-likeness (QED) is 0.797. The van der Waals surface area contributed by atoms with E-state index in [0.29, 0.717) is 0 Å². The molecular weight excluding hydrogens is 228 g/mol. The van der Waals surface area contributed by atoms with Crippen LogP contribution in [-0.2, 0) is 11.2 Å². The summed E-state index contributed by atoms with van der Waals surface area (Å²) >= 11 is 0. The van der Waals surface area contributed by atoms with Gasteiger partial charge in [-0.3, -0.25) is 0 Å². The van der Waals surface area contributed by atoms with Gasteiger partial charge in [-0.15, -0.1) is 0 Å². The molecule has 0 radical (unpaired) electrons. The van der Waals surface area contributed by atoms with E-state index in [2.05, 4.69) is 22.2 Å². The number of ether oxygens (including phenoxy) is 1. The molecule has 100 valence electrons. The van der Waals surface area contributed by atoms with E-state index in [-0.39, 0.29) is 18.2 Å². The summed E-state index contributed by atoms with van der Waals surface area (Å²) in [7, 11) is 0. The second-order valence-electron chi connectivity index (χ2n) is 4.71. The molecule has 1 saturated carbocycles. The second kappa shape index (κ2) is 6.11. The minimum atomic E-state index is 0.145. The fraction of sp³-hybridized carbons (Fsp3) is 0.692. The Morgan fingerprint density at radius 3 is 2.94 bits per heavy atom. The number of anilines is 1. The molecule has 18 heavy (non-hydrogen) atoms. The molecule has 0 bridgehead atoms. The highest BCUT2D eigenvalue weighted by atomic mass is 16.5. The van der Waals surface area contributed by atoms with Crippen LogP contribution in [0.1, 0.15) is 32.4 Å². The van der Waals surface area contributed by atoms with Crippen molar-refractivity contribution in [3.8, 4) is 0 Å². The van der Waals surface area contributed by atoms with Crippen LogP contribution < -0.4 is 11.1 Å². The maximum atomic E-state index is 6.00. The highest BCUT2D eigenvalue weighted by molar-refractivity contribution is 5.38. The fourth-order valence-electron chi connectivity index (χ4n) is 2.27. The maximum absolute atomic E-state index is 6.00. The van der Waals surface area contributed by atoms with Crippen molar-refractivity contribution in [2.24, 2.45) is 5.73 Å². The first-order valence-corrected chi connectivity index (χ1v) is 6.69. The third-order valence-electron chi connectivity index (χ3n) is 3.29. The van der Waals surface area contributed by atoms with Crippen molar-refractivity contribution in [3.63, 3.8) is 0 Å². The largest absolute Gasteiger partial charge is 0.376 e. The van der Waals surface area contributed by atoms with Gasteiger partial charge in [-0.25, -0.2) is 9.97 Å². The molecule has 1 heterocycles. The summed E-state index contributed by atoms with van der Waals surface area (Å²) in [4.78, 5) is 8.48. The Bertz CT molecular complexity index is 383. The molecule has 0 saturated heterocycles. The first kappa shape index (κ1) is 13.2. The minimum absolute atomic E-state index is 0.145. The van der Waals surface area contributed by atoms with Gasteiger partial charge in [0.05, 0.1) is 12.1 Å².